The smallest absolute Gasteiger partial charge is 0.202 e. The molecule has 1 unspecified atom stereocenters. The first-order valence-corrected chi connectivity index (χ1v) is 8.84. The van der Waals surface area contributed by atoms with Gasteiger partial charge in [-0.05, 0) is 51.0 Å². The summed E-state index contributed by atoms with van der Waals surface area (Å²) in [6, 6.07) is 22.5. The SMILES string of the molecule is NC1=Nc2cc3ccccc3cc2NC1(Br)Sc1ccccc1. The molecule has 1 aliphatic heterocycles. The first-order chi connectivity index (χ1) is 11.1. The largest absolute Gasteiger partial charge is 0.384 e. The summed E-state index contributed by atoms with van der Waals surface area (Å²) in [7, 11) is 0. The van der Waals surface area contributed by atoms with Gasteiger partial charge in [0.1, 0.15) is 5.84 Å². The van der Waals surface area contributed by atoms with Crippen LogP contribution in [0.15, 0.2) is 76.6 Å². The average Bonchev–Trinajstić information content (AvgIpc) is 2.55. The van der Waals surface area contributed by atoms with Gasteiger partial charge in [-0.25, -0.2) is 4.99 Å². The number of fused-ring (bicyclic) bond motifs is 2. The van der Waals surface area contributed by atoms with E-state index in [4.69, 9.17) is 5.73 Å². The lowest BCUT2D eigenvalue weighted by molar-refractivity contribution is 1.17. The molecule has 1 atom stereocenters. The van der Waals surface area contributed by atoms with Gasteiger partial charge >= 0.3 is 0 Å². The van der Waals surface area contributed by atoms with E-state index in [1.54, 1.807) is 11.8 Å². The topological polar surface area (TPSA) is 50.4 Å². The fourth-order valence-corrected chi connectivity index (χ4v) is 4.38. The Labute approximate surface area is 147 Å². The Morgan fingerprint density at radius 2 is 1.61 bits per heavy atom. The Kier molecular flexibility index (Phi) is 3.54. The lowest BCUT2D eigenvalue weighted by atomic mass is 10.1. The highest BCUT2D eigenvalue weighted by molar-refractivity contribution is 9.12. The highest BCUT2D eigenvalue weighted by Gasteiger charge is 2.36. The first-order valence-electron chi connectivity index (χ1n) is 7.23. The van der Waals surface area contributed by atoms with Crippen molar-refractivity contribution in [3.05, 3.63) is 66.7 Å². The summed E-state index contributed by atoms with van der Waals surface area (Å²) >= 11 is 5.32. The van der Waals surface area contributed by atoms with Crippen molar-refractivity contribution in [3.63, 3.8) is 0 Å². The third-order valence-electron chi connectivity index (χ3n) is 3.73. The molecule has 23 heavy (non-hydrogen) atoms. The van der Waals surface area contributed by atoms with E-state index in [9.17, 15) is 0 Å². The zero-order valence-corrected chi connectivity index (χ0v) is 14.6. The van der Waals surface area contributed by atoms with Crippen molar-refractivity contribution >= 4 is 55.7 Å². The van der Waals surface area contributed by atoms with Crippen LogP contribution in [-0.2, 0) is 0 Å². The van der Waals surface area contributed by atoms with E-state index in [-0.39, 0.29) is 0 Å². The lowest BCUT2D eigenvalue weighted by Crippen LogP contribution is -2.44. The minimum absolute atomic E-state index is 0.508. The molecular weight excluding hydrogens is 370 g/mol. The van der Waals surface area contributed by atoms with Crippen LogP contribution in [0.3, 0.4) is 0 Å². The van der Waals surface area contributed by atoms with Crippen molar-refractivity contribution in [1.29, 1.82) is 0 Å². The molecule has 5 heteroatoms. The first kappa shape index (κ1) is 14.6. The predicted octanol–water partition coefficient (Wildman–Crippen LogP) is 5.10. The van der Waals surface area contributed by atoms with Gasteiger partial charge in [0.2, 0.25) is 3.78 Å². The number of nitrogens with one attached hydrogen (secondary N) is 1. The fourth-order valence-electron chi connectivity index (χ4n) is 2.59. The molecule has 4 rings (SSSR count). The van der Waals surface area contributed by atoms with Gasteiger partial charge in [-0.1, -0.05) is 54.2 Å². The van der Waals surface area contributed by atoms with Gasteiger partial charge in [-0.3, -0.25) is 0 Å². The van der Waals surface area contributed by atoms with Crippen molar-refractivity contribution in [1.82, 2.24) is 0 Å². The number of hydrogen-bond acceptors (Lipinski definition) is 4. The molecule has 1 aliphatic rings. The molecule has 114 valence electrons. The number of rotatable bonds is 2. The molecule has 3 aromatic carbocycles. The molecule has 0 aliphatic carbocycles. The van der Waals surface area contributed by atoms with Crippen LogP contribution in [0.4, 0.5) is 11.4 Å². The van der Waals surface area contributed by atoms with Crippen LogP contribution >= 0.6 is 27.7 Å². The molecule has 0 bridgehead atoms. The Bertz CT molecular complexity index is 911. The highest BCUT2D eigenvalue weighted by Crippen LogP contribution is 2.45. The van der Waals surface area contributed by atoms with E-state index in [0.29, 0.717) is 5.84 Å². The number of anilines is 1. The summed E-state index contributed by atoms with van der Waals surface area (Å²) in [6.07, 6.45) is 0. The number of hydrogen-bond donors (Lipinski definition) is 2. The van der Waals surface area contributed by atoms with Gasteiger partial charge in [-0.2, -0.15) is 0 Å². The van der Waals surface area contributed by atoms with Crippen LogP contribution in [-0.4, -0.2) is 9.62 Å². The number of halogens is 1. The van der Waals surface area contributed by atoms with E-state index in [1.807, 2.05) is 30.3 Å². The molecule has 1 heterocycles. The fraction of sp³-hybridized carbons (Fsp3) is 0.0556. The molecule has 0 saturated heterocycles. The minimum atomic E-state index is -0.649. The van der Waals surface area contributed by atoms with Crippen LogP contribution in [0, 0.1) is 0 Å². The summed E-state index contributed by atoms with van der Waals surface area (Å²) in [4.78, 5) is 5.72. The van der Waals surface area contributed by atoms with E-state index in [1.165, 1.54) is 5.39 Å². The van der Waals surface area contributed by atoms with E-state index >= 15 is 0 Å². The van der Waals surface area contributed by atoms with Gasteiger partial charge in [0.15, 0.2) is 0 Å². The quantitative estimate of drug-likeness (QED) is 0.478. The van der Waals surface area contributed by atoms with Crippen LogP contribution < -0.4 is 11.1 Å². The number of alkyl halides is 1. The zero-order valence-electron chi connectivity index (χ0n) is 12.2. The van der Waals surface area contributed by atoms with E-state index in [2.05, 4.69) is 62.6 Å². The van der Waals surface area contributed by atoms with Gasteiger partial charge in [0.05, 0.1) is 11.4 Å². The summed E-state index contributed by atoms with van der Waals surface area (Å²) in [6.45, 7) is 0. The Morgan fingerprint density at radius 1 is 0.957 bits per heavy atom. The third kappa shape index (κ3) is 2.71. The summed E-state index contributed by atoms with van der Waals surface area (Å²) in [5.41, 5.74) is 8.08. The molecule has 0 amide bonds. The van der Waals surface area contributed by atoms with Gasteiger partial charge in [0, 0.05) is 4.90 Å². The molecule has 0 aromatic heterocycles. The maximum absolute atomic E-state index is 6.24. The Morgan fingerprint density at radius 3 is 2.35 bits per heavy atom. The van der Waals surface area contributed by atoms with Crippen LogP contribution in [0.1, 0.15) is 0 Å². The zero-order chi connectivity index (χ0) is 15.9. The summed E-state index contributed by atoms with van der Waals surface area (Å²) in [5.74, 6) is 0.508. The molecule has 0 spiro atoms. The minimum Gasteiger partial charge on any atom is -0.384 e. The standard InChI is InChI=1S/C18H14BrN3S/c19-18(23-14-8-2-1-3-9-14)17(20)21-15-10-12-6-4-5-7-13(12)11-16(15)22-18/h1-11,22H,(H2,20,21). The number of thioether (sulfide) groups is 1. The van der Waals surface area contributed by atoms with Gasteiger partial charge < -0.3 is 11.1 Å². The molecule has 3 nitrogen and oxygen atoms in total. The van der Waals surface area contributed by atoms with Crippen molar-refractivity contribution in [3.8, 4) is 0 Å². The number of nitrogens with two attached hydrogens (primary N) is 1. The molecule has 3 aromatic rings. The van der Waals surface area contributed by atoms with Crippen LogP contribution in [0.25, 0.3) is 10.8 Å². The predicted molar refractivity (Wildman–Crippen MR) is 103 cm³/mol. The van der Waals surface area contributed by atoms with Crippen LogP contribution in [0.5, 0.6) is 0 Å². The van der Waals surface area contributed by atoms with Gasteiger partial charge in [-0.15, -0.1) is 0 Å². The maximum Gasteiger partial charge on any atom is 0.202 e. The second-order valence-corrected chi connectivity index (χ2v) is 8.35. The van der Waals surface area contributed by atoms with Crippen LogP contribution in [0.2, 0.25) is 0 Å². The normalized spacial score (nSPS) is 19.8. The number of benzene rings is 3. The molecule has 0 saturated carbocycles. The second-order valence-electron chi connectivity index (χ2n) is 5.35. The molecule has 0 fully saturated rings. The van der Waals surface area contributed by atoms with Crippen molar-refractivity contribution < 1.29 is 0 Å². The Hall–Kier alpha value is -1.98. The Balaban J connectivity index is 1.76. The van der Waals surface area contributed by atoms with E-state index < -0.39 is 3.78 Å². The summed E-state index contributed by atoms with van der Waals surface area (Å²) in [5, 5.41) is 5.82. The molecule has 3 N–H and O–H groups in total. The lowest BCUT2D eigenvalue weighted by Gasteiger charge is -2.32. The van der Waals surface area contributed by atoms with Crippen molar-refractivity contribution in [2.24, 2.45) is 10.7 Å². The number of aliphatic imine (C=N–C) groups is 1. The van der Waals surface area contributed by atoms with Crippen molar-refractivity contribution in [2.75, 3.05) is 5.32 Å². The molecule has 0 radical (unpaired) electrons. The maximum atomic E-state index is 6.24. The monoisotopic (exact) mass is 383 g/mol. The molecular formula is C18H14BrN3S. The number of amidine groups is 1. The van der Waals surface area contributed by atoms with Crippen molar-refractivity contribution in [2.45, 2.75) is 8.68 Å². The number of nitrogens with zero attached hydrogens (tertiary/aromatic N) is 1. The highest BCUT2D eigenvalue weighted by atomic mass is 79.9. The third-order valence-corrected chi connectivity index (χ3v) is 5.92. The van der Waals surface area contributed by atoms with E-state index in [0.717, 1.165) is 21.7 Å². The average molecular weight is 384 g/mol. The van der Waals surface area contributed by atoms with Gasteiger partial charge in [0.25, 0.3) is 0 Å². The second kappa shape index (κ2) is 5.58. The summed E-state index contributed by atoms with van der Waals surface area (Å²) < 4.78 is -0.649.